The Morgan fingerprint density at radius 2 is 1.92 bits per heavy atom. The van der Waals surface area contributed by atoms with Crippen LogP contribution >= 0.6 is 23.2 Å². The van der Waals surface area contributed by atoms with Gasteiger partial charge in [-0.05, 0) is 37.6 Å². The number of carbonyl (C=O) groups is 1. The van der Waals surface area contributed by atoms with Gasteiger partial charge < -0.3 is 10.5 Å². The van der Waals surface area contributed by atoms with Crippen LogP contribution in [0.3, 0.4) is 0 Å². The quantitative estimate of drug-likeness (QED) is 0.685. The van der Waals surface area contributed by atoms with E-state index in [4.69, 9.17) is 33.7 Å². The first-order chi connectivity index (χ1) is 12.3. The van der Waals surface area contributed by atoms with Crippen molar-refractivity contribution in [3.63, 3.8) is 0 Å². The molecule has 5 nitrogen and oxygen atoms in total. The van der Waals surface area contributed by atoms with Gasteiger partial charge in [-0.3, -0.25) is 9.48 Å². The Morgan fingerprint density at radius 3 is 2.62 bits per heavy atom. The number of hydrogen-bond acceptors (Lipinski definition) is 3. The maximum atomic E-state index is 11.5. The molecule has 26 heavy (non-hydrogen) atoms. The van der Waals surface area contributed by atoms with Gasteiger partial charge in [0, 0.05) is 5.39 Å². The molecule has 0 aliphatic heterocycles. The standard InChI is InChI=1S/C19H19Cl2N3O2/c1-19(2,18(22)25)26-11-16-13-5-3-4-6-17(13)24(23-16)10-12-7-8-14(20)15(21)9-12/h3-9H,10-11H2,1-2H3,(H2,22,25). The van der Waals surface area contributed by atoms with Crippen LogP contribution in [0.15, 0.2) is 42.5 Å². The first kappa shape index (κ1) is 18.7. The predicted octanol–water partition coefficient (Wildman–Crippen LogP) is 4.17. The van der Waals surface area contributed by atoms with Crippen molar-refractivity contribution in [1.29, 1.82) is 0 Å². The Kier molecular flexibility index (Phi) is 5.23. The van der Waals surface area contributed by atoms with E-state index in [2.05, 4.69) is 5.10 Å². The predicted molar refractivity (Wildman–Crippen MR) is 103 cm³/mol. The molecule has 0 aliphatic carbocycles. The molecule has 0 spiro atoms. The van der Waals surface area contributed by atoms with Crippen molar-refractivity contribution < 1.29 is 9.53 Å². The van der Waals surface area contributed by atoms with Crippen LogP contribution in [-0.2, 0) is 22.7 Å². The van der Waals surface area contributed by atoms with Gasteiger partial charge >= 0.3 is 0 Å². The molecule has 0 saturated carbocycles. The average molecular weight is 392 g/mol. The summed E-state index contributed by atoms with van der Waals surface area (Å²) < 4.78 is 7.57. The number of ether oxygens (including phenoxy) is 1. The zero-order valence-electron chi connectivity index (χ0n) is 14.5. The summed E-state index contributed by atoms with van der Waals surface area (Å²) in [5.41, 5.74) is 7.00. The smallest absolute Gasteiger partial charge is 0.249 e. The first-order valence-electron chi connectivity index (χ1n) is 8.10. The number of fused-ring (bicyclic) bond motifs is 1. The molecule has 0 aliphatic rings. The lowest BCUT2D eigenvalue weighted by Gasteiger charge is -2.20. The van der Waals surface area contributed by atoms with Crippen LogP contribution in [0.1, 0.15) is 25.1 Å². The average Bonchev–Trinajstić information content (AvgIpc) is 2.94. The van der Waals surface area contributed by atoms with E-state index in [0.717, 1.165) is 22.2 Å². The number of benzene rings is 2. The van der Waals surface area contributed by atoms with Crippen molar-refractivity contribution in [2.45, 2.75) is 32.6 Å². The largest absolute Gasteiger partial charge is 0.367 e. The van der Waals surface area contributed by atoms with Gasteiger partial charge in [-0.1, -0.05) is 47.5 Å². The summed E-state index contributed by atoms with van der Waals surface area (Å²) in [5.74, 6) is -0.517. The number of halogens is 2. The van der Waals surface area contributed by atoms with Crippen LogP contribution in [0, 0.1) is 0 Å². The summed E-state index contributed by atoms with van der Waals surface area (Å²) in [7, 11) is 0. The third-order valence-electron chi connectivity index (χ3n) is 4.21. The summed E-state index contributed by atoms with van der Waals surface area (Å²) in [6, 6.07) is 13.4. The number of carbonyl (C=O) groups excluding carboxylic acids is 1. The molecule has 2 N–H and O–H groups in total. The molecule has 136 valence electrons. The van der Waals surface area contributed by atoms with Crippen molar-refractivity contribution in [2.24, 2.45) is 5.73 Å². The number of aromatic nitrogens is 2. The molecule has 7 heteroatoms. The second-order valence-corrected chi connectivity index (χ2v) is 7.35. The van der Waals surface area contributed by atoms with Gasteiger partial charge in [0.1, 0.15) is 5.60 Å². The van der Waals surface area contributed by atoms with E-state index in [1.54, 1.807) is 19.9 Å². The van der Waals surface area contributed by atoms with Gasteiger partial charge in [-0.2, -0.15) is 5.10 Å². The second kappa shape index (κ2) is 7.27. The monoisotopic (exact) mass is 391 g/mol. The van der Waals surface area contributed by atoms with E-state index in [1.807, 2.05) is 41.1 Å². The van der Waals surface area contributed by atoms with Crippen LogP contribution in [0.25, 0.3) is 10.9 Å². The van der Waals surface area contributed by atoms with Crippen molar-refractivity contribution >= 4 is 40.0 Å². The highest BCUT2D eigenvalue weighted by molar-refractivity contribution is 6.42. The third kappa shape index (κ3) is 3.85. The Morgan fingerprint density at radius 1 is 1.19 bits per heavy atom. The molecule has 0 fully saturated rings. The third-order valence-corrected chi connectivity index (χ3v) is 4.95. The lowest BCUT2D eigenvalue weighted by Crippen LogP contribution is -2.40. The Balaban J connectivity index is 1.92. The first-order valence-corrected chi connectivity index (χ1v) is 8.86. The summed E-state index contributed by atoms with van der Waals surface area (Å²) in [6.45, 7) is 4.01. The van der Waals surface area contributed by atoms with Gasteiger partial charge in [0.15, 0.2) is 0 Å². The fourth-order valence-corrected chi connectivity index (χ4v) is 2.87. The van der Waals surface area contributed by atoms with Gasteiger partial charge in [-0.15, -0.1) is 0 Å². The van der Waals surface area contributed by atoms with Crippen LogP contribution in [-0.4, -0.2) is 21.3 Å². The Hall–Kier alpha value is -2.08. The highest BCUT2D eigenvalue weighted by Crippen LogP contribution is 2.25. The molecule has 2 aromatic carbocycles. The van der Waals surface area contributed by atoms with Crippen molar-refractivity contribution in [2.75, 3.05) is 0 Å². The fourth-order valence-electron chi connectivity index (χ4n) is 2.55. The summed E-state index contributed by atoms with van der Waals surface area (Å²) in [4.78, 5) is 11.5. The Labute approximate surface area is 161 Å². The Bertz CT molecular complexity index is 967. The highest BCUT2D eigenvalue weighted by Gasteiger charge is 2.26. The van der Waals surface area contributed by atoms with Crippen LogP contribution in [0.5, 0.6) is 0 Å². The molecule has 3 rings (SSSR count). The summed E-state index contributed by atoms with van der Waals surface area (Å²) >= 11 is 12.1. The highest BCUT2D eigenvalue weighted by atomic mass is 35.5. The number of nitrogens with zero attached hydrogens (tertiary/aromatic N) is 2. The minimum atomic E-state index is -1.06. The molecule has 0 atom stereocenters. The van der Waals surface area contributed by atoms with E-state index in [-0.39, 0.29) is 6.61 Å². The molecular formula is C19H19Cl2N3O2. The normalized spacial score (nSPS) is 11.8. The van der Waals surface area contributed by atoms with E-state index in [9.17, 15) is 4.79 Å². The number of primary amides is 1. The van der Waals surface area contributed by atoms with Gasteiger partial charge in [0.25, 0.3) is 0 Å². The number of nitrogens with two attached hydrogens (primary N) is 1. The van der Waals surface area contributed by atoms with E-state index < -0.39 is 11.5 Å². The summed E-state index contributed by atoms with van der Waals surface area (Å²) in [6.07, 6.45) is 0. The van der Waals surface area contributed by atoms with Crippen molar-refractivity contribution in [3.05, 3.63) is 63.8 Å². The van der Waals surface area contributed by atoms with E-state index in [1.165, 1.54) is 0 Å². The van der Waals surface area contributed by atoms with Crippen LogP contribution in [0.4, 0.5) is 0 Å². The molecule has 0 unspecified atom stereocenters. The number of rotatable bonds is 6. The molecule has 1 aromatic heterocycles. The molecule has 1 heterocycles. The van der Waals surface area contributed by atoms with Crippen molar-refractivity contribution in [3.8, 4) is 0 Å². The molecular weight excluding hydrogens is 373 g/mol. The van der Waals surface area contributed by atoms with Crippen LogP contribution < -0.4 is 5.73 Å². The second-order valence-electron chi connectivity index (χ2n) is 6.53. The topological polar surface area (TPSA) is 70.1 Å². The zero-order chi connectivity index (χ0) is 18.9. The SMILES string of the molecule is CC(C)(OCc1nn(Cc2ccc(Cl)c(Cl)c2)c2ccccc12)C(N)=O. The number of amides is 1. The van der Waals surface area contributed by atoms with Crippen LogP contribution in [0.2, 0.25) is 10.0 Å². The van der Waals surface area contributed by atoms with Gasteiger partial charge in [0.2, 0.25) is 5.91 Å². The summed E-state index contributed by atoms with van der Waals surface area (Å²) in [5, 5.41) is 6.65. The van der Waals surface area contributed by atoms with Crippen molar-refractivity contribution in [1.82, 2.24) is 9.78 Å². The van der Waals surface area contributed by atoms with Gasteiger partial charge in [0.05, 0.1) is 34.4 Å². The van der Waals surface area contributed by atoms with E-state index in [0.29, 0.717) is 16.6 Å². The fraction of sp³-hybridized carbons (Fsp3) is 0.263. The maximum absolute atomic E-state index is 11.5. The number of para-hydroxylation sites is 1. The molecule has 0 bridgehead atoms. The lowest BCUT2D eigenvalue weighted by atomic mass is 10.1. The molecule has 0 radical (unpaired) electrons. The molecule has 1 amide bonds. The minimum absolute atomic E-state index is 0.185. The zero-order valence-corrected chi connectivity index (χ0v) is 16.0. The van der Waals surface area contributed by atoms with Gasteiger partial charge in [-0.25, -0.2) is 0 Å². The minimum Gasteiger partial charge on any atom is -0.367 e. The number of hydrogen-bond donors (Lipinski definition) is 1. The molecule has 0 saturated heterocycles. The lowest BCUT2D eigenvalue weighted by molar-refractivity contribution is -0.140. The molecule has 3 aromatic rings. The van der Waals surface area contributed by atoms with E-state index >= 15 is 0 Å². The maximum Gasteiger partial charge on any atom is 0.249 e.